The zero-order valence-corrected chi connectivity index (χ0v) is 17.7. The molecule has 0 N–H and O–H groups in total. The summed E-state index contributed by atoms with van der Waals surface area (Å²) in [7, 11) is 0. The molecule has 0 amide bonds. The molecule has 0 spiro atoms. The van der Waals surface area contributed by atoms with E-state index in [1.165, 1.54) is 116 Å². The molecular formula is C25H48. The smallest absolute Gasteiger partial charge is 0.0169 e. The Labute approximate surface area is 160 Å². The quantitative estimate of drug-likeness (QED) is 0.152. The Balaban J connectivity index is 3.10. The molecule has 0 aliphatic rings. The van der Waals surface area contributed by atoms with Crippen molar-refractivity contribution in [2.24, 2.45) is 0 Å². The lowest BCUT2D eigenvalue weighted by Crippen LogP contribution is -1.82. The molecule has 0 aliphatic carbocycles. The highest BCUT2D eigenvalue weighted by atomic mass is 14.0. The second-order valence-corrected chi connectivity index (χ2v) is 7.71. The first kappa shape index (κ1) is 24.5. The van der Waals surface area contributed by atoms with Gasteiger partial charge < -0.3 is 0 Å². The van der Waals surface area contributed by atoms with Gasteiger partial charge in [0.2, 0.25) is 0 Å². The zero-order valence-electron chi connectivity index (χ0n) is 17.7. The molecule has 25 heavy (non-hydrogen) atoms. The summed E-state index contributed by atoms with van der Waals surface area (Å²) >= 11 is 0. The van der Waals surface area contributed by atoms with Crippen LogP contribution in [0.3, 0.4) is 0 Å². The number of allylic oxidation sites excluding steroid dienone is 4. The highest BCUT2D eigenvalue weighted by Gasteiger charge is 1.93. The van der Waals surface area contributed by atoms with Crippen LogP contribution in [-0.2, 0) is 0 Å². The summed E-state index contributed by atoms with van der Waals surface area (Å²) < 4.78 is 0. The molecule has 148 valence electrons. The van der Waals surface area contributed by atoms with Crippen LogP contribution < -0.4 is 0 Å². The van der Waals surface area contributed by atoms with E-state index in [1.807, 2.05) is 0 Å². The molecule has 0 saturated carbocycles. The van der Waals surface area contributed by atoms with E-state index >= 15 is 0 Å². The summed E-state index contributed by atoms with van der Waals surface area (Å²) in [5, 5.41) is 0. The molecule has 0 fully saturated rings. The van der Waals surface area contributed by atoms with Crippen LogP contribution in [-0.4, -0.2) is 0 Å². The average molecular weight is 349 g/mol. The second-order valence-electron chi connectivity index (χ2n) is 7.71. The molecule has 0 aromatic heterocycles. The Morgan fingerprint density at radius 1 is 0.360 bits per heavy atom. The Kier molecular flexibility index (Phi) is 23.0. The topological polar surface area (TPSA) is 0 Å². The standard InChI is InChI=1S/C25H48/c1-3-5-7-9-11-13-15-17-19-21-23-25-24-22-20-18-16-14-12-10-8-6-4-2/h11,13,17,19H,3-10,12,14-16,18,20-25H2,1-2H3/b13-11-,19-17-. The number of hydrogen-bond acceptors (Lipinski definition) is 0. The van der Waals surface area contributed by atoms with Crippen LogP contribution in [0.15, 0.2) is 24.3 Å². The highest BCUT2D eigenvalue weighted by Crippen LogP contribution is 2.13. The monoisotopic (exact) mass is 348 g/mol. The second kappa shape index (κ2) is 23.5. The molecule has 0 rings (SSSR count). The SMILES string of the molecule is CCCCC/C=C\C/C=C\CCCCCCCCCCCCCCC. The van der Waals surface area contributed by atoms with E-state index < -0.39 is 0 Å². The van der Waals surface area contributed by atoms with Crippen molar-refractivity contribution >= 4 is 0 Å². The van der Waals surface area contributed by atoms with E-state index in [1.54, 1.807) is 0 Å². The summed E-state index contributed by atoms with van der Waals surface area (Å²) in [6.07, 6.45) is 35.9. The normalized spacial score (nSPS) is 11.9. The van der Waals surface area contributed by atoms with Gasteiger partial charge in [-0.05, 0) is 32.1 Å². The van der Waals surface area contributed by atoms with Crippen molar-refractivity contribution < 1.29 is 0 Å². The molecule has 0 heteroatoms. The van der Waals surface area contributed by atoms with Gasteiger partial charge in [-0.15, -0.1) is 0 Å². The van der Waals surface area contributed by atoms with E-state index in [0.717, 1.165) is 6.42 Å². The highest BCUT2D eigenvalue weighted by molar-refractivity contribution is 4.92. The summed E-state index contributed by atoms with van der Waals surface area (Å²) in [6.45, 7) is 4.56. The number of unbranched alkanes of at least 4 members (excludes halogenated alkanes) is 16. The van der Waals surface area contributed by atoms with Crippen molar-refractivity contribution in [3.63, 3.8) is 0 Å². The van der Waals surface area contributed by atoms with E-state index in [9.17, 15) is 0 Å². The molecule has 0 nitrogen and oxygen atoms in total. The predicted octanol–water partition coefficient (Wildman–Crippen LogP) is 9.55. The summed E-state index contributed by atoms with van der Waals surface area (Å²) in [5.74, 6) is 0. The van der Waals surface area contributed by atoms with Gasteiger partial charge in [0.15, 0.2) is 0 Å². The fourth-order valence-corrected chi connectivity index (χ4v) is 3.30. The molecule has 0 unspecified atom stereocenters. The molecule has 0 aromatic carbocycles. The van der Waals surface area contributed by atoms with Crippen LogP contribution in [0.25, 0.3) is 0 Å². The Morgan fingerprint density at radius 2 is 0.680 bits per heavy atom. The van der Waals surface area contributed by atoms with Gasteiger partial charge in [0.1, 0.15) is 0 Å². The Morgan fingerprint density at radius 3 is 1.12 bits per heavy atom. The van der Waals surface area contributed by atoms with Crippen LogP contribution >= 0.6 is 0 Å². The van der Waals surface area contributed by atoms with Gasteiger partial charge in [0, 0.05) is 0 Å². The minimum Gasteiger partial charge on any atom is -0.0882 e. The third-order valence-electron chi connectivity index (χ3n) is 5.05. The number of hydrogen-bond donors (Lipinski definition) is 0. The molecule has 0 saturated heterocycles. The molecule has 0 aliphatic heterocycles. The molecule has 0 bridgehead atoms. The maximum Gasteiger partial charge on any atom is -0.0169 e. The maximum atomic E-state index is 2.38. The lowest BCUT2D eigenvalue weighted by molar-refractivity contribution is 0.540. The van der Waals surface area contributed by atoms with Crippen molar-refractivity contribution in [3.05, 3.63) is 24.3 Å². The zero-order chi connectivity index (χ0) is 18.3. The van der Waals surface area contributed by atoms with E-state index in [4.69, 9.17) is 0 Å². The first-order valence-corrected chi connectivity index (χ1v) is 11.7. The Bertz CT molecular complexity index is 274. The third kappa shape index (κ3) is 23.5. The average Bonchev–Trinajstić information content (AvgIpc) is 2.63. The first-order chi connectivity index (χ1) is 12.4. The summed E-state index contributed by atoms with van der Waals surface area (Å²) in [6, 6.07) is 0. The lowest BCUT2D eigenvalue weighted by Gasteiger charge is -2.02. The molecule has 0 aromatic rings. The van der Waals surface area contributed by atoms with Gasteiger partial charge in [0.05, 0.1) is 0 Å². The largest absolute Gasteiger partial charge is 0.0882 e. The summed E-state index contributed by atoms with van der Waals surface area (Å²) in [4.78, 5) is 0. The summed E-state index contributed by atoms with van der Waals surface area (Å²) in [5.41, 5.74) is 0. The molecular weight excluding hydrogens is 300 g/mol. The maximum absolute atomic E-state index is 2.38. The van der Waals surface area contributed by atoms with Crippen LogP contribution in [0.5, 0.6) is 0 Å². The van der Waals surface area contributed by atoms with Crippen LogP contribution in [0.4, 0.5) is 0 Å². The minimum absolute atomic E-state index is 1.13. The Hall–Kier alpha value is -0.520. The third-order valence-corrected chi connectivity index (χ3v) is 5.05. The van der Waals surface area contributed by atoms with Gasteiger partial charge in [0.25, 0.3) is 0 Å². The minimum atomic E-state index is 1.13. The molecule has 0 atom stereocenters. The predicted molar refractivity (Wildman–Crippen MR) is 117 cm³/mol. The molecule has 0 radical (unpaired) electrons. The number of rotatable bonds is 20. The van der Waals surface area contributed by atoms with E-state index in [0.29, 0.717) is 0 Å². The van der Waals surface area contributed by atoms with Gasteiger partial charge in [-0.25, -0.2) is 0 Å². The lowest BCUT2D eigenvalue weighted by atomic mass is 10.0. The van der Waals surface area contributed by atoms with Crippen molar-refractivity contribution in [1.29, 1.82) is 0 Å². The van der Waals surface area contributed by atoms with E-state index in [2.05, 4.69) is 38.2 Å². The van der Waals surface area contributed by atoms with Gasteiger partial charge in [-0.1, -0.05) is 128 Å². The van der Waals surface area contributed by atoms with E-state index in [-0.39, 0.29) is 0 Å². The fourth-order valence-electron chi connectivity index (χ4n) is 3.30. The van der Waals surface area contributed by atoms with Crippen molar-refractivity contribution in [1.82, 2.24) is 0 Å². The van der Waals surface area contributed by atoms with Crippen LogP contribution in [0.2, 0.25) is 0 Å². The van der Waals surface area contributed by atoms with Gasteiger partial charge in [-0.3, -0.25) is 0 Å². The first-order valence-electron chi connectivity index (χ1n) is 11.7. The van der Waals surface area contributed by atoms with Crippen molar-refractivity contribution in [2.45, 2.75) is 136 Å². The van der Waals surface area contributed by atoms with Crippen LogP contribution in [0, 0.1) is 0 Å². The van der Waals surface area contributed by atoms with Gasteiger partial charge >= 0.3 is 0 Å². The van der Waals surface area contributed by atoms with Gasteiger partial charge in [-0.2, -0.15) is 0 Å². The van der Waals surface area contributed by atoms with Crippen molar-refractivity contribution in [2.75, 3.05) is 0 Å². The fraction of sp³-hybridized carbons (Fsp3) is 0.840. The van der Waals surface area contributed by atoms with Crippen LogP contribution in [0.1, 0.15) is 136 Å². The van der Waals surface area contributed by atoms with Crippen molar-refractivity contribution in [3.8, 4) is 0 Å². The molecule has 0 heterocycles.